The number of para-hydroxylation sites is 2. The van der Waals surface area contributed by atoms with Crippen molar-refractivity contribution in [3.05, 3.63) is 124 Å². The second-order valence-electron chi connectivity index (χ2n) is 10.9. The first-order valence-electron chi connectivity index (χ1n) is 13.9. The van der Waals surface area contributed by atoms with Crippen molar-refractivity contribution >= 4 is 50.9 Å². The molecule has 1 fully saturated rings. The number of ether oxygens (including phenoxy) is 2. The minimum Gasteiger partial charge on any atom is -0.493 e. The van der Waals surface area contributed by atoms with Crippen molar-refractivity contribution in [2.45, 2.75) is 17.5 Å². The van der Waals surface area contributed by atoms with Gasteiger partial charge in [-0.2, -0.15) is 0 Å². The molecule has 0 bridgehead atoms. The molecule has 3 aliphatic heterocycles. The summed E-state index contributed by atoms with van der Waals surface area (Å²) in [7, 11) is 3.04. The number of benzene rings is 4. The normalized spacial score (nSPS) is 22.9. The molecular formula is C35H27BrN2O5. The smallest absolute Gasteiger partial charge is 0.238 e. The molecule has 0 unspecified atom stereocenters. The van der Waals surface area contributed by atoms with Crippen molar-refractivity contribution in [1.82, 2.24) is 0 Å². The number of rotatable bonds is 6. The minimum atomic E-state index is -1.37. The van der Waals surface area contributed by atoms with E-state index in [-0.39, 0.29) is 17.5 Å². The highest BCUT2D eigenvalue weighted by Gasteiger charge is 2.70. The topological polar surface area (TPSA) is 84.9 Å². The average Bonchev–Trinajstić information content (AvgIpc) is 3.52. The Kier molecular flexibility index (Phi) is 6.47. The lowest BCUT2D eigenvalue weighted by molar-refractivity contribution is -0.121. The van der Waals surface area contributed by atoms with Crippen LogP contribution in [0.3, 0.4) is 0 Å². The molecule has 0 saturated carbocycles. The third-order valence-electron chi connectivity index (χ3n) is 8.89. The van der Waals surface area contributed by atoms with Gasteiger partial charge in [-0.1, -0.05) is 76.6 Å². The van der Waals surface area contributed by atoms with E-state index in [0.717, 1.165) is 15.7 Å². The molecule has 43 heavy (non-hydrogen) atoms. The van der Waals surface area contributed by atoms with Gasteiger partial charge < -0.3 is 19.7 Å². The van der Waals surface area contributed by atoms with Crippen LogP contribution in [0.4, 0.5) is 11.4 Å². The highest BCUT2D eigenvalue weighted by molar-refractivity contribution is 9.10. The average molecular weight is 636 g/mol. The summed E-state index contributed by atoms with van der Waals surface area (Å²) < 4.78 is 11.8. The molecule has 1 saturated heterocycles. The quantitative estimate of drug-likeness (QED) is 0.250. The van der Waals surface area contributed by atoms with E-state index in [4.69, 9.17) is 9.47 Å². The third kappa shape index (κ3) is 3.89. The van der Waals surface area contributed by atoms with Gasteiger partial charge in [0.25, 0.3) is 0 Å². The van der Waals surface area contributed by atoms with Gasteiger partial charge in [0, 0.05) is 27.0 Å². The molecule has 0 aromatic heterocycles. The number of nitrogens with zero attached hydrogens (tertiary/aromatic N) is 1. The van der Waals surface area contributed by atoms with Gasteiger partial charge in [-0.15, -0.1) is 0 Å². The van der Waals surface area contributed by atoms with Crippen LogP contribution in [0.5, 0.6) is 11.5 Å². The summed E-state index contributed by atoms with van der Waals surface area (Å²) in [6, 6.07) is 25.7. The van der Waals surface area contributed by atoms with Crippen molar-refractivity contribution in [3.8, 4) is 11.5 Å². The molecule has 7 nitrogen and oxygen atoms in total. The van der Waals surface area contributed by atoms with Gasteiger partial charge in [-0.05, 0) is 53.6 Å². The fourth-order valence-electron chi connectivity index (χ4n) is 7.07. The van der Waals surface area contributed by atoms with Crippen LogP contribution in [0.2, 0.25) is 0 Å². The van der Waals surface area contributed by atoms with E-state index in [1.807, 2.05) is 65.6 Å². The van der Waals surface area contributed by atoms with Crippen LogP contribution < -0.4 is 19.7 Å². The van der Waals surface area contributed by atoms with Crippen LogP contribution >= 0.6 is 15.9 Å². The maximum atomic E-state index is 14.9. The summed E-state index contributed by atoms with van der Waals surface area (Å²) >= 11 is 3.46. The number of halogens is 1. The maximum Gasteiger partial charge on any atom is 0.238 e. The first-order valence-corrected chi connectivity index (χ1v) is 14.7. The zero-order chi connectivity index (χ0) is 29.9. The Labute approximate surface area is 257 Å². The number of hydrogen-bond donors (Lipinski definition) is 1. The molecule has 0 radical (unpaired) electrons. The zero-order valence-corrected chi connectivity index (χ0v) is 25.0. The maximum absolute atomic E-state index is 14.9. The van der Waals surface area contributed by atoms with Crippen molar-refractivity contribution < 1.29 is 23.9 Å². The number of methoxy groups -OCH3 is 2. The number of amides is 1. The Morgan fingerprint density at radius 2 is 1.53 bits per heavy atom. The van der Waals surface area contributed by atoms with E-state index in [9.17, 15) is 14.4 Å². The second-order valence-corrected chi connectivity index (χ2v) is 11.8. The van der Waals surface area contributed by atoms with Gasteiger partial charge in [-0.25, -0.2) is 0 Å². The molecule has 4 aromatic rings. The Morgan fingerprint density at radius 1 is 0.837 bits per heavy atom. The largest absolute Gasteiger partial charge is 0.493 e. The number of hydrogen-bond acceptors (Lipinski definition) is 6. The first-order chi connectivity index (χ1) is 20.9. The molecule has 1 spiro atoms. The summed E-state index contributed by atoms with van der Waals surface area (Å²) in [6.07, 6.45) is 3.95. The number of Topliss-reactive ketones (excluding diaryl/α,β-unsaturated/α-hetero) is 2. The molecule has 3 heterocycles. The summed E-state index contributed by atoms with van der Waals surface area (Å²) in [4.78, 5) is 46.2. The number of carbonyl (C=O) groups excluding carboxylic acids is 3. The number of nitrogens with one attached hydrogen (secondary N) is 1. The number of anilines is 2. The molecule has 214 valence electrons. The van der Waals surface area contributed by atoms with Crippen LogP contribution in [-0.2, 0) is 10.2 Å². The highest BCUT2D eigenvalue weighted by Crippen LogP contribution is 2.58. The molecule has 0 aliphatic carbocycles. The van der Waals surface area contributed by atoms with Crippen molar-refractivity contribution in [2.24, 2.45) is 5.92 Å². The molecule has 7 rings (SSSR count). The molecule has 1 N–H and O–H groups in total. The standard InChI is InChI=1S/C35H27BrN2O5/c1-42-27-17-13-22(19-28(27)43-2)33(40)31-30(32(39)21-11-15-23(36)16-12-21)35(24-8-4-5-9-25(24)37-34(35)41)29-18-14-20-7-3-6-10-26(20)38(29)31/h3-19,29-31H,1-2H3,(H,37,41)/t29-,30+,31-,35-/m1/s1. The lowest BCUT2D eigenvalue weighted by atomic mass is 9.64. The Balaban J connectivity index is 1.52. The van der Waals surface area contributed by atoms with E-state index in [1.165, 1.54) is 14.2 Å². The van der Waals surface area contributed by atoms with Gasteiger partial charge in [0.1, 0.15) is 11.5 Å². The molecule has 3 aliphatic rings. The Morgan fingerprint density at radius 3 is 2.30 bits per heavy atom. The zero-order valence-electron chi connectivity index (χ0n) is 23.4. The van der Waals surface area contributed by atoms with E-state index < -0.39 is 23.4 Å². The first kappa shape index (κ1) is 27.2. The summed E-state index contributed by atoms with van der Waals surface area (Å²) in [5.74, 6) is -1.04. The van der Waals surface area contributed by atoms with Gasteiger partial charge in [-0.3, -0.25) is 14.4 Å². The lowest BCUT2D eigenvalue weighted by Crippen LogP contribution is -2.51. The van der Waals surface area contributed by atoms with E-state index in [1.54, 1.807) is 42.5 Å². The Hall–Kier alpha value is -4.69. The van der Waals surface area contributed by atoms with E-state index in [0.29, 0.717) is 33.9 Å². The molecule has 8 heteroatoms. The van der Waals surface area contributed by atoms with Gasteiger partial charge in [0.2, 0.25) is 5.91 Å². The van der Waals surface area contributed by atoms with Crippen molar-refractivity contribution in [2.75, 3.05) is 24.4 Å². The van der Waals surface area contributed by atoms with Crippen LogP contribution in [0, 0.1) is 5.92 Å². The Bertz CT molecular complexity index is 1830. The predicted octanol–water partition coefficient (Wildman–Crippen LogP) is 6.32. The number of fused-ring (bicyclic) bond motifs is 6. The molecule has 1 amide bonds. The number of ketones is 2. The van der Waals surface area contributed by atoms with Crippen LogP contribution in [0.15, 0.2) is 102 Å². The summed E-state index contributed by atoms with van der Waals surface area (Å²) in [5.41, 5.74) is 2.45. The van der Waals surface area contributed by atoms with Gasteiger partial charge >= 0.3 is 0 Å². The fourth-order valence-corrected chi connectivity index (χ4v) is 7.34. The summed E-state index contributed by atoms with van der Waals surface area (Å²) in [6.45, 7) is 0. The second kappa shape index (κ2) is 10.2. The predicted molar refractivity (Wildman–Crippen MR) is 168 cm³/mol. The molecule has 4 aromatic carbocycles. The van der Waals surface area contributed by atoms with E-state index in [2.05, 4.69) is 21.2 Å². The van der Waals surface area contributed by atoms with E-state index >= 15 is 0 Å². The lowest BCUT2D eigenvalue weighted by Gasteiger charge is -2.37. The van der Waals surface area contributed by atoms with Crippen LogP contribution in [0.1, 0.15) is 31.8 Å². The van der Waals surface area contributed by atoms with Crippen molar-refractivity contribution in [3.63, 3.8) is 0 Å². The van der Waals surface area contributed by atoms with Gasteiger partial charge in [0.05, 0.1) is 26.2 Å². The van der Waals surface area contributed by atoms with Gasteiger partial charge in [0.15, 0.2) is 23.1 Å². The fraction of sp³-hybridized carbons (Fsp3) is 0.171. The van der Waals surface area contributed by atoms with Crippen LogP contribution in [-0.4, -0.2) is 43.8 Å². The van der Waals surface area contributed by atoms with Crippen molar-refractivity contribution in [1.29, 1.82) is 0 Å². The SMILES string of the molecule is COc1ccc(C(=O)[C@H]2[C@@H](C(=O)c3ccc(Br)cc3)[C@]3(C(=O)Nc4ccccc43)[C@H]3C=Cc4ccccc4N23)cc1OC. The highest BCUT2D eigenvalue weighted by atomic mass is 79.9. The molecule has 4 atom stereocenters. The minimum absolute atomic E-state index is 0.279. The monoisotopic (exact) mass is 634 g/mol. The number of carbonyl (C=O) groups is 3. The summed E-state index contributed by atoms with van der Waals surface area (Å²) in [5, 5.41) is 3.06. The van der Waals surface area contributed by atoms with Crippen LogP contribution in [0.25, 0.3) is 6.08 Å². The molecular weight excluding hydrogens is 608 g/mol. The third-order valence-corrected chi connectivity index (χ3v) is 9.42.